The Hall–Kier alpha value is -2.22. The molecule has 0 radical (unpaired) electrons. The predicted molar refractivity (Wildman–Crippen MR) is 90.0 cm³/mol. The van der Waals surface area contributed by atoms with Crippen LogP contribution in [0.15, 0.2) is 10.5 Å². The molecule has 2 aromatic rings. The Morgan fingerprint density at radius 1 is 1.36 bits per heavy atom. The molecule has 2 fully saturated rings. The number of piperidine rings is 1. The summed E-state index contributed by atoms with van der Waals surface area (Å²) in [5.41, 5.74) is 1.45. The Morgan fingerprint density at radius 3 is 2.92 bits per heavy atom. The molecule has 1 aliphatic carbocycles. The lowest BCUT2D eigenvalue weighted by molar-refractivity contribution is 0.0890. The second kappa shape index (κ2) is 6.59. The molecule has 1 aliphatic heterocycles. The third-order valence-corrected chi connectivity index (χ3v) is 4.96. The van der Waals surface area contributed by atoms with E-state index in [1.165, 1.54) is 0 Å². The van der Waals surface area contributed by atoms with E-state index in [0.29, 0.717) is 24.0 Å². The van der Waals surface area contributed by atoms with Crippen molar-refractivity contribution in [2.75, 3.05) is 13.1 Å². The zero-order valence-electron chi connectivity index (χ0n) is 14.7. The topological polar surface area (TPSA) is 89.1 Å². The van der Waals surface area contributed by atoms with Crippen LogP contribution in [0.5, 0.6) is 0 Å². The number of nitrogens with zero attached hydrogens (tertiary/aromatic N) is 5. The Bertz CT molecular complexity index is 744. The molecule has 2 aromatic heterocycles. The highest BCUT2D eigenvalue weighted by molar-refractivity contribution is 5.92. The van der Waals surface area contributed by atoms with Crippen LogP contribution in [0.4, 0.5) is 0 Å². The number of hydrogen-bond acceptors (Lipinski definition) is 6. The summed E-state index contributed by atoms with van der Waals surface area (Å²) in [5, 5.41) is 15.6. The summed E-state index contributed by atoms with van der Waals surface area (Å²) in [6.45, 7) is 4.36. The molecule has 0 bridgehead atoms. The Balaban J connectivity index is 1.33. The van der Waals surface area contributed by atoms with Crippen LogP contribution >= 0.6 is 0 Å². The van der Waals surface area contributed by atoms with Gasteiger partial charge in [0.1, 0.15) is 5.69 Å². The monoisotopic (exact) mass is 344 g/mol. The van der Waals surface area contributed by atoms with Gasteiger partial charge in [-0.05, 0) is 45.2 Å². The molecule has 8 nitrogen and oxygen atoms in total. The smallest absolute Gasteiger partial charge is 0.272 e. The van der Waals surface area contributed by atoms with Crippen LogP contribution in [-0.2, 0) is 13.6 Å². The number of carbonyl (C=O) groups excluding carboxylic acids is 1. The molecule has 1 N–H and O–H groups in total. The van der Waals surface area contributed by atoms with Crippen molar-refractivity contribution in [1.82, 2.24) is 30.2 Å². The molecule has 134 valence electrons. The van der Waals surface area contributed by atoms with Gasteiger partial charge in [-0.15, -0.1) is 10.2 Å². The van der Waals surface area contributed by atoms with Crippen LogP contribution < -0.4 is 5.32 Å². The lowest BCUT2D eigenvalue weighted by atomic mass is 10.1. The van der Waals surface area contributed by atoms with Gasteiger partial charge < -0.3 is 9.73 Å². The zero-order chi connectivity index (χ0) is 17.4. The summed E-state index contributed by atoms with van der Waals surface area (Å²) in [7, 11) is 1.84. The van der Waals surface area contributed by atoms with E-state index in [0.717, 1.165) is 50.4 Å². The summed E-state index contributed by atoms with van der Waals surface area (Å²) in [5.74, 6) is 1.83. The van der Waals surface area contributed by atoms with Gasteiger partial charge in [0.25, 0.3) is 5.91 Å². The highest BCUT2D eigenvalue weighted by Gasteiger charge is 2.30. The maximum absolute atomic E-state index is 12.4. The van der Waals surface area contributed by atoms with Crippen molar-refractivity contribution in [3.05, 3.63) is 29.2 Å². The van der Waals surface area contributed by atoms with Gasteiger partial charge in [-0.3, -0.25) is 14.4 Å². The highest BCUT2D eigenvalue weighted by Crippen LogP contribution is 2.39. The SMILES string of the molecule is Cc1cc(C(=O)NC2CCCN(Cc3nnc(C4CC4)o3)C2)nn1C. The van der Waals surface area contributed by atoms with Crippen LogP contribution in [-0.4, -0.2) is 49.9 Å². The minimum atomic E-state index is -0.107. The molecular weight excluding hydrogens is 320 g/mol. The van der Waals surface area contributed by atoms with Crippen LogP contribution in [0, 0.1) is 6.92 Å². The van der Waals surface area contributed by atoms with Crippen molar-refractivity contribution >= 4 is 5.91 Å². The van der Waals surface area contributed by atoms with Crippen molar-refractivity contribution in [3.63, 3.8) is 0 Å². The fourth-order valence-corrected chi connectivity index (χ4v) is 3.26. The van der Waals surface area contributed by atoms with Gasteiger partial charge in [-0.2, -0.15) is 5.10 Å². The van der Waals surface area contributed by atoms with Gasteiger partial charge in [-0.1, -0.05) is 0 Å². The molecule has 3 heterocycles. The first-order valence-electron chi connectivity index (χ1n) is 8.94. The average Bonchev–Trinajstić information content (AvgIpc) is 3.25. The van der Waals surface area contributed by atoms with E-state index in [4.69, 9.17) is 4.42 Å². The molecular formula is C17H24N6O2. The zero-order valence-corrected chi connectivity index (χ0v) is 14.7. The normalized spacial score (nSPS) is 21.4. The van der Waals surface area contributed by atoms with E-state index in [9.17, 15) is 4.79 Å². The molecule has 1 saturated carbocycles. The first-order chi connectivity index (χ1) is 12.1. The standard InChI is InChI=1S/C17H24N6O2/c1-11-8-14(21-22(11)2)16(24)18-13-4-3-7-23(9-13)10-15-19-20-17(25-15)12-5-6-12/h8,12-13H,3-7,9-10H2,1-2H3,(H,18,24). The fourth-order valence-electron chi connectivity index (χ4n) is 3.26. The molecule has 8 heteroatoms. The average molecular weight is 344 g/mol. The van der Waals surface area contributed by atoms with Gasteiger partial charge in [0.05, 0.1) is 6.54 Å². The first kappa shape index (κ1) is 16.3. The summed E-state index contributed by atoms with van der Waals surface area (Å²) >= 11 is 0. The number of rotatable bonds is 5. The van der Waals surface area contributed by atoms with Crippen molar-refractivity contribution in [2.24, 2.45) is 7.05 Å². The largest absolute Gasteiger partial charge is 0.424 e. The predicted octanol–water partition coefficient (Wildman–Crippen LogP) is 1.38. The molecule has 1 unspecified atom stereocenters. The third-order valence-electron chi connectivity index (χ3n) is 4.96. The number of hydrogen-bond donors (Lipinski definition) is 1. The van der Waals surface area contributed by atoms with Crippen molar-refractivity contribution < 1.29 is 9.21 Å². The molecule has 4 rings (SSSR count). The number of carbonyl (C=O) groups is 1. The van der Waals surface area contributed by atoms with Crippen LogP contribution in [0.1, 0.15) is 59.6 Å². The molecule has 0 spiro atoms. The second-order valence-corrected chi connectivity index (χ2v) is 7.15. The molecule has 25 heavy (non-hydrogen) atoms. The number of aromatic nitrogens is 4. The van der Waals surface area contributed by atoms with Crippen LogP contribution in [0.3, 0.4) is 0 Å². The van der Waals surface area contributed by atoms with Gasteiger partial charge in [-0.25, -0.2) is 0 Å². The second-order valence-electron chi connectivity index (χ2n) is 7.15. The molecule has 2 aliphatic rings. The van der Waals surface area contributed by atoms with Gasteiger partial charge in [0.2, 0.25) is 11.8 Å². The van der Waals surface area contributed by atoms with Crippen molar-refractivity contribution in [1.29, 1.82) is 0 Å². The minimum Gasteiger partial charge on any atom is -0.424 e. The van der Waals surface area contributed by atoms with E-state index in [-0.39, 0.29) is 11.9 Å². The molecule has 1 saturated heterocycles. The van der Waals surface area contributed by atoms with Gasteiger partial charge in [0, 0.05) is 31.2 Å². The van der Waals surface area contributed by atoms with E-state index < -0.39 is 0 Å². The summed E-state index contributed by atoms with van der Waals surface area (Å²) < 4.78 is 7.47. The summed E-state index contributed by atoms with van der Waals surface area (Å²) in [4.78, 5) is 14.6. The summed E-state index contributed by atoms with van der Waals surface area (Å²) in [6.07, 6.45) is 4.33. The van der Waals surface area contributed by atoms with E-state index in [2.05, 4.69) is 25.5 Å². The third kappa shape index (κ3) is 3.73. The quantitative estimate of drug-likeness (QED) is 0.881. The fraction of sp³-hybridized carbons (Fsp3) is 0.647. The van der Waals surface area contributed by atoms with E-state index >= 15 is 0 Å². The van der Waals surface area contributed by atoms with Gasteiger partial charge >= 0.3 is 0 Å². The Labute approximate surface area is 146 Å². The lowest BCUT2D eigenvalue weighted by Crippen LogP contribution is -2.47. The van der Waals surface area contributed by atoms with Crippen molar-refractivity contribution in [3.8, 4) is 0 Å². The first-order valence-corrected chi connectivity index (χ1v) is 8.94. The maximum atomic E-state index is 12.4. The maximum Gasteiger partial charge on any atom is 0.272 e. The molecule has 1 atom stereocenters. The Morgan fingerprint density at radius 2 is 2.20 bits per heavy atom. The number of amides is 1. The number of nitrogens with one attached hydrogen (secondary N) is 1. The molecule has 1 amide bonds. The lowest BCUT2D eigenvalue weighted by Gasteiger charge is -2.32. The van der Waals surface area contributed by atoms with E-state index in [1.807, 2.05) is 20.0 Å². The Kier molecular flexibility index (Phi) is 4.29. The van der Waals surface area contributed by atoms with Crippen molar-refractivity contribution in [2.45, 2.75) is 51.1 Å². The minimum absolute atomic E-state index is 0.107. The summed E-state index contributed by atoms with van der Waals surface area (Å²) in [6, 6.07) is 1.93. The molecule has 0 aromatic carbocycles. The highest BCUT2D eigenvalue weighted by atomic mass is 16.4. The van der Waals surface area contributed by atoms with E-state index in [1.54, 1.807) is 4.68 Å². The number of aryl methyl sites for hydroxylation is 2. The number of likely N-dealkylation sites (tertiary alicyclic amines) is 1. The van der Waals surface area contributed by atoms with Gasteiger partial charge in [0.15, 0.2) is 0 Å². The van der Waals surface area contributed by atoms with Crippen LogP contribution in [0.25, 0.3) is 0 Å². The van der Waals surface area contributed by atoms with Crippen LogP contribution in [0.2, 0.25) is 0 Å².